The molecule has 1 aromatic rings. The molecule has 0 radical (unpaired) electrons. The highest BCUT2D eigenvalue weighted by molar-refractivity contribution is 6.38. The molecule has 1 saturated carbocycles. The van der Waals surface area contributed by atoms with E-state index < -0.39 is 0 Å². The van der Waals surface area contributed by atoms with Crippen molar-refractivity contribution >= 4 is 34.8 Å². The maximum absolute atomic E-state index is 11.9. The van der Waals surface area contributed by atoms with E-state index in [0.717, 1.165) is 19.3 Å². The van der Waals surface area contributed by atoms with Crippen LogP contribution in [-0.4, -0.2) is 28.6 Å². The molecule has 98 valence electrons. The van der Waals surface area contributed by atoms with E-state index in [1.54, 1.807) is 7.11 Å². The molecule has 1 amide bonds. The summed E-state index contributed by atoms with van der Waals surface area (Å²) in [7, 11) is 1.62. The van der Waals surface area contributed by atoms with Gasteiger partial charge in [-0.15, -0.1) is 0 Å². The number of hydrogen-bond donors (Lipinski definition) is 1. The van der Waals surface area contributed by atoms with E-state index in [2.05, 4.69) is 15.3 Å². The fourth-order valence-electron chi connectivity index (χ4n) is 1.95. The summed E-state index contributed by atoms with van der Waals surface area (Å²) in [6, 6.07) is 0. The topological polar surface area (TPSA) is 64.1 Å². The van der Waals surface area contributed by atoms with Gasteiger partial charge in [-0.2, -0.15) is 0 Å². The van der Waals surface area contributed by atoms with Gasteiger partial charge in [-0.25, -0.2) is 9.97 Å². The van der Waals surface area contributed by atoms with E-state index in [4.69, 9.17) is 27.9 Å². The number of carbonyl (C=O) groups excluding carboxylic acids is 1. The molecule has 1 aliphatic rings. The highest BCUT2D eigenvalue weighted by Gasteiger charge is 2.39. The lowest BCUT2D eigenvalue weighted by molar-refractivity contribution is -0.129. The predicted molar refractivity (Wildman–Crippen MR) is 68.9 cm³/mol. The van der Waals surface area contributed by atoms with Gasteiger partial charge in [0.2, 0.25) is 5.91 Å². The van der Waals surface area contributed by atoms with E-state index in [0.29, 0.717) is 0 Å². The molecule has 1 N–H and O–H groups in total. The summed E-state index contributed by atoms with van der Waals surface area (Å²) in [5.74, 6) is -0.199. The summed E-state index contributed by atoms with van der Waals surface area (Å²) < 4.78 is 5.38. The molecular formula is C11H13Cl2N3O2. The Balaban J connectivity index is 2.03. The second kappa shape index (κ2) is 5.38. The maximum Gasteiger partial charge on any atom is 0.227 e. The highest BCUT2D eigenvalue weighted by atomic mass is 35.5. The third kappa shape index (κ3) is 2.74. The largest absolute Gasteiger partial charge is 0.378 e. The second-order valence-corrected chi connectivity index (χ2v) is 5.01. The van der Waals surface area contributed by atoms with Crippen LogP contribution >= 0.6 is 23.2 Å². The van der Waals surface area contributed by atoms with Gasteiger partial charge in [0.1, 0.15) is 12.0 Å². The minimum absolute atomic E-state index is 0.128. The molecule has 1 aromatic heterocycles. The Kier molecular flexibility index (Phi) is 4.04. The summed E-state index contributed by atoms with van der Waals surface area (Å²) in [5, 5.41) is 2.89. The zero-order valence-corrected chi connectivity index (χ0v) is 11.4. The molecule has 0 unspecified atom stereocenters. The molecule has 5 nitrogen and oxygen atoms in total. The third-order valence-electron chi connectivity index (χ3n) is 3.20. The van der Waals surface area contributed by atoms with Crippen LogP contribution in [0.15, 0.2) is 6.33 Å². The summed E-state index contributed by atoms with van der Waals surface area (Å²) in [4.78, 5) is 19.5. The fraction of sp³-hybridized carbons (Fsp3) is 0.545. The summed E-state index contributed by atoms with van der Waals surface area (Å²) in [6.45, 7) is 0. The van der Waals surface area contributed by atoms with Gasteiger partial charge >= 0.3 is 0 Å². The van der Waals surface area contributed by atoms with Crippen LogP contribution in [0.1, 0.15) is 25.7 Å². The normalized spacial score (nSPS) is 17.1. The minimum Gasteiger partial charge on any atom is -0.378 e. The van der Waals surface area contributed by atoms with Gasteiger partial charge in [0.25, 0.3) is 0 Å². The second-order valence-electron chi connectivity index (χ2n) is 4.30. The first kappa shape index (κ1) is 13.5. The third-order valence-corrected chi connectivity index (χ3v) is 3.77. The zero-order chi connectivity index (χ0) is 13.2. The van der Waals surface area contributed by atoms with E-state index in [9.17, 15) is 4.79 Å². The lowest BCUT2D eigenvalue weighted by Crippen LogP contribution is -2.42. The van der Waals surface area contributed by atoms with E-state index >= 15 is 0 Å². The van der Waals surface area contributed by atoms with Crippen molar-refractivity contribution in [1.29, 1.82) is 0 Å². The van der Waals surface area contributed by atoms with Crippen molar-refractivity contribution < 1.29 is 9.53 Å². The van der Waals surface area contributed by atoms with Crippen LogP contribution in [0.4, 0.5) is 5.69 Å². The predicted octanol–water partition coefficient (Wildman–Crippen LogP) is 2.68. The van der Waals surface area contributed by atoms with Crippen LogP contribution < -0.4 is 5.32 Å². The smallest absolute Gasteiger partial charge is 0.227 e. The molecule has 1 heterocycles. The Morgan fingerprint density at radius 3 is 2.50 bits per heavy atom. The number of anilines is 1. The van der Waals surface area contributed by atoms with E-state index in [1.165, 1.54) is 6.33 Å². The van der Waals surface area contributed by atoms with Crippen molar-refractivity contribution in [2.24, 2.45) is 0 Å². The molecule has 0 spiro atoms. The fourth-order valence-corrected chi connectivity index (χ4v) is 2.36. The van der Waals surface area contributed by atoms with Crippen molar-refractivity contribution in [3.8, 4) is 0 Å². The molecule has 0 atom stereocenters. The molecule has 0 aliphatic heterocycles. The number of aromatic nitrogens is 2. The average molecular weight is 290 g/mol. The monoisotopic (exact) mass is 289 g/mol. The Morgan fingerprint density at radius 2 is 2.06 bits per heavy atom. The van der Waals surface area contributed by atoms with Crippen molar-refractivity contribution in [2.75, 3.05) is 12.4 Å². The van der Waals surface area contributed by atoms with Gasteiger partial charge in [0.05, 0.1) is 12.0 Å². The van der Waals surface area contributed by atoms with Crippen molar-refractivity contribution in [2.45, 2.75) is 31.3 Å². The van der Waals surface area contributed by atoms with Crippen molar-refractivity contribution in [3.63, 3.8) is 0 Å². The SMILES string of the molecule is COC1(CC(=O)Nc2c(Cl)ncnc2Cl)CCC1. The zero-order valence-electron chi connectivity index (χ0n) is 9.87. The standard InChI is InChI=1S/C11H13Cl2N3O2/c1-18-11(3-2-4-11)5-7(17)16-8-9(12)14-6-15-10(8)13/h6H,2-5H2,1H3,(H,16,17). The number of hydrogen-bond acceptors (Lipinski definition) is 4. The lowest BCUT2D eigenvalue weighted by Gasteiger charge is -2.39. The summed E-state index contributed by atoms with van der Waals surface area (Å²) in [6.07, 6.45) is 4.39. The molecule has 1 aliphatic carbocycles. The van der Waals surface area contributed by atoms with Crippen LogP contribution in [0.5, 0.6) is 0 Å². The van der Waals surface area contributed by atoms with E-state index in [1.807, 2.05) is 0 Å². The molecule has 2 rings (SSSR count). The molecule has 7 heteroatoms. The van der Waals surface area contributed by atoms with Crippen LogP contribution in [0.3, 0.4) is 0 Å². The number of amides is 1. The Morgan fingerprint density at radius 1 is 1.44 bits per heavy atom. The Bertz CT molecular complexity index is 438. The number of nitrogens with one attached hydrogen (secondary N) is 1. The number of methoxy groups -OCH3 is 1. The van der Waals surface area contributed by atoms with Gasteiger partial charge < -0.3 is 10.1 Å². The quantitative estimate of drug-likeness (QED) is 0.866. The number of halogens is 2. The molecule has 0 saturated heterocycles. The Hall–Kier alpha value is -0.910. The number of ether oxygens (including phenoxy) is 1. The molecule has 0 bridgehead atoms. The van der Waals surface area contributed by atoms with Crippen LogP contribution in [0.2, 0.25) is 10.3 Å². The van der Waals surface area contributed by atoms with Crippen molar-refractivity contribution in [1.82, 2.24) is 9.97 Å². The first-order chi connectivity index (χ1) is 8.56. The number of carbonyl (C=O) groups is 1. The maximum atomic E-state index is 11.9. The average Bonchev–Trinajstić information content (AvgIpc) is 2.29. The molecular weight excluding hydrogens is 277 g/mol. The van der Waals surface area contributed by atoms with Gasteiger partial charge in [0.15, 0.2) is 10.3 Å². The van der Waals surface area contributed by atoms with Crippen LogP contribution in [0.25, 0.3) is 0 Å². The molecule has 1 fully saturated rings. The first-order valence-corrected chi connectivity index (χ1v) is 6.33. The van der Waals surface area contributed by atoms with Gasteiger partial charge in [-0.3, -0.25) is 4.79 Å². The number of nitrogens with zero attached hydrogens (tertiary/aromatic N) is 2. The summed E-state index contributed by atoms with van der Waals surface area (Å²) >= 11 is 11.7. The van der Waals surface area contributed by atoms with Gasteiger partial charge in [-0.1, -0.05) is 23.2 Å². The summed E-state index contributed by atoms with van der Waals surface area (Å²) in [5.41, 5.74) is -0.0880. The van der Waals surface area contributed by atoms with Crippen molar-refractivity contribution in [3.05, 3.63) is 16.6 Å². The highest BCUT2D eigenvalue weighted by Crippen LogP contribution is 2.38. The van der Waals surface area contributed by atoms with Gasteiger partial charge in [0, 0.05) is 7.11 Å². The van der Waals surface area contributed by atoms with E-state index in [-0.39, 0.29) is 33.9 Å². The van der Waals surface area contributed by atoms with Crippen LogP contribution in [0, 0.1) is 0 Å². The van der Waals surface area contributed by atoms with Crippen LogP contribution in [-0.2, 0) is 9.53 Å². The number of rotatable bonds is 4. The molecule has 0 aromatic carbocycles. The lowest BCUT2D eigenvalue weighted by atomic mass is 9.77. The Labute approximate surface area is 115 Å². The first-order valence-electron chi connectivity index (χ1n) is 5.57. The minimum atomic E-state index is -0.335. The van der Waals surface area contributed by atoms with Gasteiger partial charge in [-0.05, 0) is 19.3 Å². The molecule has 18 heavy (non-hydrogen) atoms.